The third-order valence-corrected chi connectivity index (χ3v) is 5.72. The van der Waals surface area contributed by atoms with E-state index in [9.17, 15) is 4.79 Å². The van der Waals surface area contributed by atoms with Crippen LogP contribution >= 0.6 is 11.3 Å². The minimum atomic E-state index is -0.693. The predicted molar refractivity (Wildman–Crippen MR) is 110 cm³/mol. The highest BCUT2D eigenvalue weighted by Crippen LogP contribution is 2.31. The number of nitrogens with one attached hydrogen (secondary N) is 1. The monoisotopic (exact) mass is 395 g/mol. The van der Waals surface area contributed by atoms with E-state index in [0.29, 0.717) is 18.8 Å². The van der Waals surface area contributed by atoms with Gasteiger partial charge < -0.3 is 15.3 Å². The molecule has 4 rings (SSSR count). The zero-order valence-electron chi connectivity index (χ0n) is 15.5. The molecule has 0 atom stereocenters. The van der Waals surface area contributed by atoms with Crippen molar-refractivity contribution in [2.24, 2.45) is 5.92 Å². The van der Waals surface area contributed by atoms with Crippen LogP contribution in [0.3, 0.4) is 0 Å². The van der Waals surface area contributed by atoms with Gasteiger partial charge in [0.05, 0.1) is 11.6 Å². The van der Waals surface area contributed by atoms with Crippen molar-refractivity contribution in [2.75, 3.05) is 23.3 Å². The number of anilines is 3. The second-order valence-electron chi connectivity index (χ2n) is 6.84. The summed E-state index contributed by atoms with van der Waals surface area (Å²) in [7, 11) is 0. The van der Waals surface area contributed by atoms with Crippen LogP contribution in [0.5, 0.6) is 0 Å². The highest BCUT2D eigenvalue weighted by atomic mass is 32.1. The molecule has 144 valence electrons. The van der Waals surface area contributed by atoms with Crippen molar-refractivity contribution in [1.29, 1.82) is 0 Å². The van der Waals surface area contributed by atoms with Gasteiger partial charge in [0.2, 0.25) is 5.95 Å². The van der Waals surface area contributed by atoms with Crippen molar-refractivity contribution in [1.82, 2.24) is 15.0 Å². The largest absolute Gasteiger partial charge is 0.481 e. The summed E-state index contributed by atoms with van der Waals surface area (Å²) >= 11 is 1.59. The van der Waals surface area contributed by atoms with Gasteiger partial charge in [0.1, 0.15) is 0 Å². The number of aliphatic carboxylic acids is 1. The second-order valence-corrected chi connectivity index (χ2v) is 7.68. The first kappa shape index (κ1) is 18.4. The molecule has 0 saturated carbocycles. The average molecular weight is 395 g/mol. The fourth-order valence-electron chi connectivity index (χ4n) is 3.25. The fraction of sp³-hybridized carbons (Fsp3) is 0.300. The van der Waals surface area contributed by atoms with Crippen LogP contribution in [0.15, 0.2) is 41.9 Å². The van der Waals surface area contributed by atoms with Crippen LogP contribution in [0.25, 0.3) is 11.3 Å². The van der Waals surface area contributed by atoms with E-state index in [2.05, 4.69) is 20.2 Å². The van der Waals surface area contributed by atoms with Crippen LogP contribution in [0, 0.1) is 12.8 Å². The lowest BCUT2D eigenvalue weighted by Crippen LogP contribution is -2.36. The molecule has 1 saturated heterocycles. The summed E-state index contributed by atoms with van der Waals surface area (Å²) in [6, 6.07) is 9.86. The Kier molecular flexibility index (Phi) is 5.21. The third kappa shape index (κ3) is 4.12. The zero-order chi connectivity index (χ0) is 19.5. The molecule has 0 radical (unpaired) electrons. The molecule has 0 bridgehead atoms. The molecule has 0 aliphatic carbocycles. The standard InChI is InChI=1S/C20H21N5O2S/c1-13-5-8-21-19(22-13)23-16-4-2-3-15(11-16)17-12-28-20(24-17)25-9-6-14(7-10-25)18(26)27/h2-5,8,11-12,14H,6-7,9-10H2,1H3,(H,26,27)(H,21,22,23). The maximum Gasteiger partial charge on any atom is 0.306 e. The first-order chi connectivity index (χ1) is 13.6. The minimum absolute atomic E-state index is 0.234. The van der Waals surface area contributed by atoms with Crippen LogP contribution in [-0.2, 0) is 4.79 Å². The zero-order valence-corrected chi connectivity index (χ0v) is 16.3. The molecule has 0 amide bonds. The Bertz CT molecular complexity index is 982. The number of aryl methyl sites for hydroxylation is 1. The number of carboxylic acids is 1. The van der Waals surface area contributed by atoms with Gasteiger partial charge in [-0.2, -0.15) is 0 Å². The summed E-state index contributed by atoms with van der Waals surface area (Å²) < 4.78 is 0. The number of hydrogen-bond donors (Lipinski definition) is 2. The maximum absolute atomic E-state index is 11.1. The van der Waals surface area contributed by atoms with Crippen molar-refractivity contribution in [3.63, 3.8) is 0 Å². The summed E-state index contributed by atoms with van der Waals surface area (Å²) in [5.41, 5.74) is 3.74. The van der Waals surface area contributed by atoms with Crippen LogP contribution < -0.4 is 10.2 Å². The number of nitrogens with zero attached hydrogens (tertiary/aromatic N) is 4. The van der Waals surface area contributed by atoms with Gasteiger partial charge >= 0.3 is 5.97 Å². The molecule has 3 heterocycles. The molecule has 1 fully saturated rings. The Morgan fingerprint density at radius 3 is 2.82 bits per heavy atom. The normalized spacial score (nSPS) is 14.8. The lowest BCUT2D eigenvalue weighted by atomic mass is 9.97. The van der Waals surface area contributed by atoms with E-state index in [1.54, 1.807) is 17.5 Å². The summed E-state index contributed by atoms with van der Waals surface area (Å²) in [5.74, 6) is -0.360. The molecule has 28 heavy (non-hydrogen) atoms. The molecule has 1 aromatic carbocycles. The predicted octanol–water partition coefficient (Wildman–Crippen LogP) is 3.95. The van der Waals surface area contributed by atoms with Crippen LogP contribution in [-0.4, -0.2) is 39.1 Å². The number of carbonyl (C=O) groups is 1. The first-order valence-electron chi connectivity index (χ1n) is 9.19. The van der Waals surface area contributed by atoms with Gasteiger partial charge in [-0.05, 0) is 38.0 Å². The van der Waals surface area contributed by atoms with E-state index in [1.807, 2.05) is 42.6 Å². The molecule has 0 spiro atoms. The Hall–Kier alpha value is -3.00. The summed E-state index contributed by atoms with van der Waals surface area (Å²) in [5, 5.41) is 15.4. The van der Waals surface area contributed by atoms with Crippen molar-refractivity contribution >= 4 is 34.1 Å². The molecular weight excluding hydrogens is 374 g/mol. The van der Waals surface area contributed by atoms with Crippen molar-refractivity contribution in [3.05, 3.63) is 47.6 Å². The van der Waals surface area contributed by atoms with E-state index < -0.39 is 5.97 Å². The number of thiazole rings is 1. The lowest BCUT2D eigenvalue weighted by Gasteiger charge is -2.29. The summed E-state index contributed by atoms with van der Waals surface area (Å²) in [6.07, 6.45) is 3.06. The Balaban J connectivity index is 1.47. The van der Waals surface area contributed by atoms with E-state index in [-0.39, 0.29) is 5.92 Å². The van der Waals surface area contributed by atoms with Crippen molar-refractivity contribution < 1.29 is 9.90 Å². The molecule has 1 aliphatic rings. The first-order valence-corrected chi connectivity index (χ1v) is 10.1. The number of carboxylic acid groups (broad SMARTS) is 1. The lowest BCUT2D eigenvalue weighted by molar-refractivity contribution is -0.142. The number of rotatable bonds is 5. The third-order valence-electron chi connectivity index (χ3n) is 4.82. The molecule has 2 N–H and O–H groups in total. The second kappa shape index (κ2) is 7.93. The SMILES string of the molecule is Cc1ccnc(Nc2cccc(-c3csc(N4CCC(C(=O)O)CC4)n3)c2)n1. The van der Waals surface area contributed by atoms with Crippen molar-refractivity contribution in [2.45, 2.75) is 19.8 Å². The fourth-order valence-corrected chi connectivity index (χ4v) is 4.14. The van der Waals surface area contributed by atoms with Gasteiger partial charge in [0.25, 0.3) is 0 Å². The molecule has 8 heteroatoms. The quantitative estimate of drug-likeness (QED) is 0.676. The Labute approximate surface area is 167 Å². The molecule has 7 nitrogen and oxygen atoms in total. The van der Waals surface area contributed by atoms with Crippen LogP contribution in [0.4, 0.5) is 16.8 Å². The van der Waals surface area contributed by atoms with Gasteiger partial charge in [0, 0.05) is 41.6 Å². The van der Waals surface area contributed by atoms with E-state index in [4.69, 9.17) is 10.1 Å². The smallest absolute Gasteiger partial charge is 0.306 e. The molecular formula is C20H21N5O2S. The van der Waals surface area contributed by atoms with E-state index in [0.717, 1.165) is 40.9 Å². The van der Waals surface area contributed by atoms with Gasteiger partial charge in [-0.3, -0.25) is 4.79 Å². The highest BCUT2D eigenvalue weighted by Gasteiger charge is 2.25. The summed E-state index contributed by atoms with van der Waals surface area (Å²) in [6.45, 7) is 3.39. The topological polar surface area (TPSA) is 91.2 Å². The van der Waals surface area contributed by atoms with Gasteiger partial charge in [-0.1, -0.05) is 12.1 Å². The number of piperidine rings is 1. The molecule has 3 aromatic rings. The molecule has 2 aromatic heterocycles. The molecule has 1 aliphatic heterocycles. The maximum atomic E-state index is 11.1. The van der Waals surface area contributed by atoms with Gasteiger partial charge in [0.15, 0.2) is 5.13 Å². The number of benzene rings is 1. The highest BCUT2D eigenvalue weighted by molar-refractivity contribution is 7.14. The van der Waals surface area contributed by atoms with Gasteiger partial charge in [-0.15, -0.1) is 11.3 Å². The van der Waals surface area contributed by atoms with Crippen molar-refractivity contribution in [3.8, 4) is 11.3 Å². The molecule has 0 unspecified atom stereocenters. The van der Waals surface area contributed by atoms with E-state index >= 15 is 0 Å². The Morgan fingerprint density at radius 2 is 2.07 bits per heavy atom. The number of aromatic nitrogens is 3. The summed E-state index contributed by atoms with van der Waals surface area (Å²) in [4.78, 5) is 26.7. The van der Waals surface area contributed by atoms with E-state index in [1.165, 1.54) is 0 Å². The Morgan fingerprint density at radius 1 is 1.25 bits per heavy atom. The van der Waals surface area contributed by atoms with Crippen LogP contribution in [0.1, 0.15) is 18.5 Å². The van der Waals surface area contributed by atoms with Gasteiger partial charge in [-0.25, -0.2) is 15.0 Å². The average Bonchev–Trinajstić information content (AvgIpc) is 3.19. The van der Waals surface area contributed by atoms with Crippen LogP contribution in [0.2, 0.25) is 0 Å². The number of hydrogen-bond acceptors (Lipinski definition) is 7. The minimum Gasteiger partial charge on any atom is -0.481 e.